The third-order valence-corrected chi connectivity index (χ3v) is 2.72. The molecule has 1 aromatic carbocycles. The van der Waals surface area contributed by atoms with Gasteiger partial charge in [0, 0.05) is 23.5 Å². The Morgan fingerprint density at radius 2 is 2.12 bits per heavy atom. The third kappa shape index (κ3) is 1.85. The minimum absolute atomic E-state index is 0.723. The normalized spacial score (nSPS) is 10.8. The Kier molecular flexibility index (Phi) is 2.26. The van der Waals surface area contributed by atoms with E-state index in [1.54, 1.807) is 6.20 Å². The monoisotopic (exact) mass is 224 g/mol. The Hall–Kier alpha value is -2.36. The van der Waals surface area contributed by atoms with Gasteiger partial charge in [-0.1, -0.05) is 6.07 Å². The van der Waals surface area contributed by atoms with Gasteiger partial charge in [-0.25, -0.2) is 0 Å². The molecule has 3 aromatic rings. The maximum atomic E-state index is 5.74. The second-order valence-electron chi connectivity index (χ2n) is 3.98. The lowest BCUT2D eigenvalue weighted by molar-refractivity contribution is 0.710. The van der Waals surface area contributed by atoms with Gasteiger partial charge in [-0.05, 0) is 29.8 Å². The molecule has 3 rings (SSSR count). The molecule has 2 N–H and O–H groups in total. The first kappa shape index (κ1) is 9.84. The first-order valence-electron chi connectivity index (χ1n) is 5.43. The summed E-state index contributed by atoms with van der Waals surface area (Å²) in [7, 11) is 0. The zero-order chi connectivity index (χ0) is 11.7. The van der Waals surface area contributed by atoms with Crippen LogP contribution >= 0.6 is 0 Å². The first-order valence-corrected chi connectivity index (χ1v) is 5.43. The Labute approximate surface area is 98.7 Å². The molecule has 0 amide bonds. The van der Waals surface area contributed by atoms with E-state index in [-0.39, 0.29) is 0 Å². The summed E-state index contributed by atoms with van der Waals surface area (Å²) in [5.74, 6) is 0. The predicted molar refractivity (Wildman–Crippen MR) is 67.5 cm³/mol. The molecular weight excluding hydrogens is 212 g/mol. The lowest BCUT2D eigenvalue weighted by Crippen LogP contribution is -2.01. The first-order chi connectivity index (χ1) is 8.33. The quantitative estimate of drug-likeness (QED) is 0.678. The minimum atomic E-state index is 0.723. The Bertz CT molecular complexity index is 643. The van der Waals surface area contributed by atoms with Crippen molar-refractivity contribution >= 4 is 16.6 Å². The molecule has 0 saturated carbocycles. The predicted octanol–water partition coefficient (Wildman–Crippen LogP) is 2.06. The van der Waals surface area contributed by atoms with Crippen molar-refractivity contribution in [2.24, 2.45) is 0 Å². The topological polar surface area (TPSA) is 56.7 Å². The fourth-order valence-corrected chi connectivity index (χ4v) is 1.90. The van der Waals surface area contributed by atoms with Crippen LogP contribution in [-0.2, 0) is 6.54 Å². The smallest absolute Gasteiger partial charge is 0.0687 e. The third-order valence-electron chi connectivity index (χ3n) is 2.72. The van der Waals surface area contributed by atoms with Crippen LogP contribution in [0.3, 0.4) is 0 Å². The van der Waals surface area contributed by atoms with Gasteiger partial charge < -0.3 is 5.73 Å². The average Bonchev–Trinajstić information content (AvgIpc) is 2.73. The fourth-order valence-electron chi connectivity index (χ4n) is 1.90. The number of nitrogens with two attached hydrogens (primary N) is 1. The largest absolute Gasteiger partial charge is 0.399 e. The van der Waals surface area contributed by atoms with Gasteiger partial charge in [-0.2, -0.15) is 5.10 Å². The number of fused-ring (bicyclic) bond motifs is 1. The van der Waals surface area contributed by atoms with Crippen molar-refractivity contribution in [1.82, 2.24) is 14.8 Å². The summed E-state index contributed by atoms with van der Waals surface area (Å²) in [6, 6.07) is 9.79. The summed E-state index contributed by atoms with van der Waals surface area (Å²) < 4.78 is 1.95. The zero-order valence-electron chi connectivity index (χ0n) is 9.24. The van der Waals surface area contributed by atoms with E-state index in [2.05, 4.69) is 10.1 Å². The van der Waals surface area contributed by atoms with E-state index >= 15 is 0 Å². The standard InChI is InChI=1S/C13H12N4/c14-12-3-4-13-11(6-12)8-16-17(13)9-10-2-1-5-15-7-10/h1-8H,9,14H2. The van der Waals surface area contributed by atoms with Crippen LogP contribution in [0.15, 0.2) is 48.9 Å². The van der Waals surface area contributed by atoms with Crippen LogP contribution < -0.4 is 5.73 Å². The molecule has 0 bridgehead atoms. The molecule has 0 aliphatic heterocycles. The second-order valence-corrected chi connectivity index (χ2v) is 3.98. The van der Waals surface area contributed by atoms with Crippen molar-refractivity contribution in [2.45, 2.75) is 6.54 Å². The molecule has 0 unspecified atom stereocenters. The van der Waals surface area contributed by atoms with Gasteiger partial charge in [0.15, 0.2) is 0 Å². The highest BCUT2D eigenvalue weighted by molar-refractivity contribution is 5.81. The molecule has 4 nitrogen and oxygen atoms in total. The van der Waals surface area contributed by atoms with Crippen molar-refractivity contribution in [3.05, 3.63) is 54.5 Å². The molecule has 0 spiro atoms. The van der Waals surface area contributed by atoms with E-state index in [1.165, 1.54) is 0 Å². The van der Waals surface area contributed by atoms with Crippen LogP contribution in [0.25, 0.3) is 10.9 Å². The van der Waals surface area contributed by atoms with Gasteiger partial charge in [-0.3, -0.25) is 9.67 Å². The number of aromatic nitrogens is 3. The summed E-state index contributed by atoms with van der Waals surface area (Å²) in [4.78, 5) is 4.10. The SMILES string of the molecule is Nc1ccc2c(cnn2Cc2cccnc2)c1. The van der Waals surface area contributed by atoms with E-state index < -0.39 is 0 Å². The Balaban J connectivity index is 2.01. The van der Waals surface area contributed by atoms with Crippen LogP contribution in [0.5, 0.6) is 0 Å². The number of hydrogen-bond donors (Lipinski definition) is 1. The van der Waals surface area contributed by atoms with Gasteiger partial charge in [0.25, 0.3) is 0 Å². The Morgan fingerprint density at radius 1 is 1.18 bits per heavy atom. The van der Waals surface area contributed by atoms with Gasteiger partial charge in [0.05, 0.1) is 18.3 Å². The second kappa shape index (κ2) is 3.90. The maximum absolute atomic E-state index is 5.74. The van der Waals surface area contributed by atoms with Crippen LogP contribution in [0.4, 0.5) is 5.69 Å². The van der Waals surface area contributed by atoms with Gasteiger partial charge in [0.2, 0.25) is 0 Å². The number of pyridine rings is 1. The molecule has 2 aromatic heterocycles. The lowest BCUT2D eigenvalue weighted by atomic mass is 10.2. The van der Waals surface area contributed by atoms with Crippen LogP contribution in [0, 0.1) is 0 Å². The molecule has 0 radical (unpaired) electrons. The number of anilines is 1. The number of nitrogen functional groups attached to an aromatic ring is 1. The molecule has 0 saturated heterocycles. The van der Waals surface area contributed by atoms with E-state index in [1.807, 2.05) is 47.4 Å². The minimum Gasteiger partial charge on any atom is -0.399 e. The van der Waals surface area contributed by atoms with E-state index in [9.17, 15) is 0 Å². The van der Waals surface area contributed by atoms with Crippen molar-refractivity contribution < 1.29 is 0 Å². The number of nitrogens with zero attached hydrogens (tertiary/aromatic N) is 3. The van der Waals surface area contributed by atoms with Crippen molar-refractivity contribution in [3.8, 4) is 0 Å². The molecule has 0 aliphatic rings. The molecule has 0 fully saturated rings. The molecule has 17 heavy (non-hydrogen) atoms. The molecule has 4 heteroatoms. The highest BCUT2D eigenvalue weighted by atomic mass is 15.3. The lowest BCUT2D eigenvalue weighted by Gasteiger charge is -2.03. The van der Waals surface area contributed by atoms with E-state index in [4.69, 9.17) is 5.73 Å². The fraction of sp³-hybridized carbons (Fsp3) is 0.0769. The van der Waals surface area contributed by atoms with Crippen LogP contribution in [-0.4, -0.2) is 14.8 Å². The molecule has 84 valence electrons. The molecule has 2 heterocycles. The summed E-state index contributed by atoms with van der Waals surface area (Å²) >= 11 is 0. The van der Waals surface area contributed by atoms with Crippen LogP contribution in [0.1, 0.15) is 5.56 Å². The highest BCUT2D eigenvalue weighted by Crippen LogP contribution is 2.17. The van der Waals surface area contributed by atoms with Gasteiger partial charge >= 0.3 is 0 Å². The number of rotatable bonds is 2. The van der Waals surface area contributed by atoms with E-state index in [0.717, 1.165) is 28.7 Å². The number of hydrogen-bond acceptors (Lipinski definition) is 3. The molecule has 0 aliphatic carbocycles. The van der Waals surface area contributed by atoms with Crippen molar-refractivity contribution in [2.75, 3.05) is 5.73 Å². The summed E-state index contributed by atoms with van der Waals surface area (Å²) in [6.07, 6.45) is 5.46. The van der Waals surface area contributed by atoms with Crippen molar-refractivity contribution in [1.29, 1.82) is 0 Å². The summed E-state index contributed by atoms with van der Waals surface area (Å²) in [5, 5.41) is 5.43. The zero-order valence-corrected chi connectivity index (χ0v) is 9.24. The van der Waals surface area contributed by atoms with Gasteiger partial charge in [-0.15, -0.1) is 0 Å². The van der Waals surface area contributed by atoms with E-state index in [0.29, 0.717) is 0 Å². The maximum Gasteiger partial charge on any atom is 0.0687 e. The molecule has 0 atom stereocenters. The van der Waals surface area contributed by atoms with Crippen molar-refractivity contribution in [3.63, 3.8) is 0 Å². The number of benzene rings is 1. The average molecular weight is 224 g/mol. The highest BCUT2D eigenvalue weighted by Gasteiger charge is 2.03. The summed E-state index contributed by atoms with van der Waals surface area (Å²) in [5.41, 5.74) is 8.72. The summed E-state index contributed by atoms with van der Waals surface area (Å²) in [6.45, 7) is 0.723. The Morgan fingerprint density at radius 3 is 2.94 bits per heavy atom. The van der Waals surface area contributed by atoms with Gasteiger partial charge in [0.1, 0.15) is 0 Å². The van der Waals surface area contributed by atoms with Crippen LogP contribution in [0.2, 0.25) is 0 Å². The molecular formula is C13H12N4.